The SMILES string of the molecule is CCCOc1ccc([C@H]2CN3C(=O)CN(C4CC4)C(=O)[C@]3(C)c3[nH]c4ccccc4c32)cc1OCC. The summed E-state index contributed by atoms with van der Waals surface area (Å²) < 4.78 is 11.9. The minimum atomic E-state index is -1.05. The maximum absolute atomic E-state index is 14.0. The Morgan fingerprint density at radius 1 is 1.06 bits per heavy atom. The summed E-state index contributed by atoms with van der Waals surface area (Å²) in [7, 11) is 0. The Hall–Kier alpha value is -3.48. The molecule has 1 aromatic heterocycles. The number of para-hydroxylation sites is 1. The molecule has 1 saturated carbocycles. The van der Waals surface area contributed by atoms with Crippen LogP contribution in [0.3, 0.4) is 0 Å². The maximum Gasteiger partial charge on any atom is 0.255 e. The third-order valence-electron chi connectivity index (χ3n) is 7.89. The van der Waals surface area contributed by atoms with E-state index in [2.05, 4.69) is 24.0 Å². The van der Waals surface area contributed by atoms with Crippen molar-refractivity contribution < 1.29 is 19.1 Å². The number of amides is 2. The third kappa shape index (κ3) is 3.39. The van der Waals surface area contributed by atoms with E-state index in [-0.39, 0.29) is 30.3 Å². The highest BCUT2D eigenvalue weighted by molar-refractivity contribution is 6.01. The molecule has 3 aromatic rings. The summed E-state index contributed by atoms with van der Waals surface area (Å²) >= 11 is 0. The number of hydrogen-bond acceptors (Lipinski definition) is 4. The smallest absolute Gasteiger partial charge is 0.255 e. The first-order chi connectivity index (χ1) is 17.5. The van der Waals surface area contributed by atoms with Gasteiger partial charge in [0.2, 0.25) is 5.91 Å². The number of carbonyl (C=O) groups excluding carboxylic acids is 2. The van der Waals surface area contributed by atoms with Crippen molar-refractivity contribution in [1.82, 2.24) is 14.8 Å². The number of rotatable bonds is 7. The number of piperazine rings is 1. The Labute approximate surface area is 211 Å². The number of nitrogens with one attached hydrogen (secondary N) is 1. The second-order valence-corrected chi connectivity index (χ2v) is 10.2. The van der Waals surface area contributed by atoms with Crippen LogP contribution in [0.1, 0.15) is 62.8 Å². The van der Waals surface area contributed by atoms with E-state index in [0.717, 1.165) is 52.7 Å². The standard InChI is InChI=1S/C29H33N3O4/c1-4-14-36-23-13-10-18(15-24(23)35-5-2)21-16-32-25(33)17-31(19-11-12-19)28(34)29(32,3)27-26(21)20-8-6-7-9-22(20)30-27/h6-10,13,15,19,21,30H,4-5,11-12,14,16-17H2,1-3H3/t21-,29+/m1/s1. The Bertz CT molecular complexity index is 1340. The molecule has 36 heavy (non-hydrogen) atoms. The van der Waals surface area contributed by atoms with Gasteiger partial charge in [-0.05, 0) is 62.4 Å². The first-order valence-electron chi connectivity index (χ1n) is 13.1. The fourth-order valence-corrected chi connectivity index (χ4v) is 5.95. The van der Waals surface area contributed by atoms with Gasteiger partial charge in [0.25, 0.3) is 5.91 Å². The zero-order chi connectivity index (χ0) is 25.0. The lowest BCUT2D eigenvalue weighted by molar-refractivity contribution is -0.166. The summed E-state index contributed by atoms with van der Waals surface area (Å²) in [4.78, 5) is 34.7. The fraction of sp³-hybridized carbons (Fsp3) is 0.448. The van der Waals surface area contributed by atoms with E-state index in [0.29, 0.717) is 25.5 Å². The molecule has 0 radical (unpaired) electrons. The maximum atomic E-state index is 14.0. The van der Waals surface area contributed by atoms with E-state index in [1.807, 2.05) is 49.1 Å². The van der Waals surface area contributed by atoms with Crippen LogP contribution in [0.2, 0.25) is 0 Å². The first kappa shape index (κ1) is 23.0. The van der Waals surface area contributed by atoms with Crippen molar-refractivity contribution in [2.75, 3.05) is 26.3 Å². The molecular formula is C29H33N3O4. The number of fused-ring (bicyclic) bond motifs is 5. The van der Waals surface area contributed by atoms with Gasteiger partial charge in [0.15, 0.2) is 17.0 Å². The predicted molar refractivity (Wildman–Crippen MR) is 137 cm³/mol. The van der Waals surface area contributed by atoms with E-state index in [9.17, 15) is 9.59 Å². The lowest BCUT2D eigenvalue weighted by atomic mass is 9.76. The van der Waals surface area contributed by atoms with E-state index >= 15 is 0 Å². The molecule has 1 N–H and O–H groups in total. The van der Waals surface area contributed by atoms with Crippen LogP contribution < -0.4 is 9.47 Å². The molecule has 6 rings (SSSR count). The summed E-state index contributed by atoms with van der Waals surface area (Å²) in [6, 6.07) is 14.4. The van der Waals surface area contributed by atoms with Crippen LogP contribution in [0, 0.1) is 0 Å². The molecule has 2 amide bonds. The van der Waals surface area contributed by atoms with Crippen molar-refractivity contribution in [2.45, 2.75) is 57.5 Å². The van der Waals surface area contributed by atoms with Gasteiger partial charge in [0, 0.05) is 29.4 Å². The summed E-state index contributed by atoms with van der Waals surface area (Å²) in [5.74, 6) is 1.36. The molecule has 7 heteroatoms. The normalized spacial score (nSPS) is 23.6. The molecule has 3 aliphatic rings. The summed E-state index contributed by atoms with van der Waals surface area (Å²) in [6.07, 6.45) is 2.87. The van der Waals surface area contributed by atoms with Gasteiger partial charge in [-0.1, -0.05) is 31.2 Å². The Morgan fingerprint density at radius 3 is 2.61 bits per heavy atom. The van der Waals surface area contributed by atoms with Crippen molar-refractivity contribution in [3.05, 3.63) is 59.3 Å². The Balaban J connectivity index is 1.51. The molecule has 7 nitrogen and oxygen atoms in total. The van der Waals surface area contributed by atoms with Gasteiger partial charge < -0.3 is 24.3 Å². The molecule has 1 saturated heterocycles. The van der Waals surface area contributed by atoms with Crippen molar-refractivity contribution in [3.8, 4) is 11.5 Å². The summed E-state index contributed by atoms with van der Waals surface area (Å²) in [6.45, 7) is 7.71. The number of hydrogen-bond donors (Lipinski definition) is 1. The molecule has 3 heterocycles. The molecule has 0 bridgehead atoms. The van der Waals surface area contributed by atoms with Gasteiger partial charge in [-0.25, -0.2) is 0 Å². The monoisotopic (exact) mass is 487 g/mol. The van der Waals surface area contributed by atoms with Gasteiger partial charge in [-0.3, -0.25) is 9.59 Å². The average Bonchev–Trinajstić information content (AvgIpc) is 3.65. The minimum Gasteiger partial charge on any atom is -0.490 e. The van der Waals surface area contributed by atoms with E-state index in [4.69, 9.17) is 9.47 Å². The lowest BCUT2D eigenvalue weighted by Crippen LogP contribution is -2.67. The van der Waals surface area contributed by atoms with Crippen LogP contribution in [0.5, 0.6) is 11.5 Å². The van der Waals surface area contributed by atoms with Crippen LogP contribution in [0.15, 0.2) is 42.5 Å². The molecule has 2 fully saturated rings. The van der Waals surface area contributed by atoms with E-state index in [1.165, 1.54) is 0 Å². The molecule has 0 spiro atoms. The van der Waals surface area contributed by atoms with Crippen LogP contribution in [0.25, 0.3) is 10.9 Å². The minimum absolute atomic E-state index is 0.00578. The zero-order valence-corrected chi connectivity index (χ0v) is 21.2. The largest absolute Gasteiger partial charge is 0.490 e. The highest BCUT2D eigenvalue weighted by Gasteiger charge is 2.58. The molecular weight excluding hydrogens is 454 g/mol. The fourth-order valence-electron chi connectivity index (χ4n) is 5.95. The second kappa shape index (κ2) is 8.57. The van der Waals surface area contributed by atoms with E-state index in [1.54, 1.807) is 4.90 Å². The summed E-state index contributed by atoms with van der Waals surface area (Å²) in [5, 5.41) is 1.09. The Morgan fingerprint density at radius 2 is 1.86 bits per heavy atom. The van der Waals surface area contributed by atoms with Crippen molar-refractivity contribution >= 4 is 22.7 Å². The van der Waals surface area contributed by atoms with Crippen LogP contribution in [0.4, 0.5) is 0 Å². The second-order valence-electron chi connectivity index (χ2n) is 10.2. The lowest BCUT2D eigenvalue weighted by Gasteiger charge is -2.51. The molecule has 2 atom stereocenters. The van der Waals surface area contributed by atoms with Crippen molar-refractivity contribution in [1.29, 1.82) is 0 Å². The van der Waals surface area contributed by atoms with Gasteiger partial charge in [0.05, 0.1) is 18.9 Å². The van der Waals surface area contributed by atoms with Crippen LogP contribution in [-0.2, 0) is 15.1 Å². The predicted octanol–water partition coefficient (Wildman–Crippen LogP) is 4.55. The zero-order valence-electron chi connectivity index (χ0n) is 21.2. The number of ether oxygens (including phenoxy) is 2. The van der Waals surface area contributed by atoms with Gasteiger partial charge in [-0.2, -0.15) is 0 Å². The molecule has 2 aromatic carbocycles. The highest BCUT2D eigenvalue weighted by atomic mass is 16.5. The van der Waals surface area contributed by atoms with Gasteiger partial charge >= 0.3 is 0 Å². The Kier molecular flexibility index (Phi) is 5.47. The number of aromatic nitrogens is 1. The van der Waals surface area contributed by atoms with Crippen molar-refractivity contribution in [3.63, 3.8) is 0 Å². The van der Waals surface area contributed by atoms with Crippen molar-refractivity contribution in [2.24, 2.45) is 0 Å². The molecule has 188 valence electrons. The molecule has 2 aliphatic heterocycles. The van der Waals surface area contributed by atoms with Gasteiger partial charge in [0.1, 0.15) is 6.54 Å². The average molecular weight is 488 g/mol. The molecule has 1 aliphatic carbocycles. The van der Waals surface area contributed by atoms with Gasteiger partial charge in [-0.15, -0.1) is 0 Å². The molecule has 0 unspecified atom stereocenters. The van der Waals surface area contributed by atoms with Crippen LogP contribution in [-0.4, -0.2) is 58.9 Å². The first-order valence-corrected chi connectivity index (χ1v) is 13.1. The van der Waals surface area contributed by atoms with Crippen LogP contribution >= 0.6 is 0 Å². The summed E-state index contributed by atoms with van der Waals surface area (Å²) in [5.41, 5.74) is 2.89. The third-order valence-corrected chi connectivity index (χ3v) is 7.89. The number of nitrogens with zero attached hydrogens (tertiary/aromatic N) is 2. The topological polar surface area (TPSA) is 74.9 Å². The number of benzene rings is 2. The quantitative estimate of drug-likeness (QED) is 0.531. The highest BCUT2D eigenvalue weighted by Crippen LogP contribution is 2.50. The van der Waals surface area contributed by atoms with E-state index < -0.39 is 5.54 Å². The number of carbonyl (C=O) groups is 2. The number of aromatic amines is 1. The number of H-pyrrole nitrogens is 1.